The maximum absolute atomic E-state index is 6.68. The highest BCUT2D eigenvalue weighted by molar-refractivity contribution is 6.15. The zero-order valence-corrected chi connectivity index (χ0v) is 26.7. The molecule has 0 aliphatic carbocycles. The fraction of sp³-hybridized carbons (Fsp3) is 0. The van der Waals surface area contributed by atoms with E-state index in [4.69, 9.17) is 23.8 Å². The van der Waals surface area contributed by atoms with Gasteiger partial charge in [0.2, 0.25) is 0 Å². The number of rotatable bonds is 5. The lowest BCUT2D eigenvalue weighted by atomic mass is 9.96. The van der Waals surface area contributed by atoms with Gasteiger partial charge in [-0.05, 0) is 46.5 Å². The molecule has 0 fully saturated rings. The Morgan fingerprint density at radius 3 is 1.52 bits per heavy atom. The molecule has 10 rings (SSSR count). The second kappa shape index (κ2) is 11.4. The van der Waals surface area contributed by atoms with Crippen LogP contribution in [-0.4, -0.2) is 15.0 Å². The van der Waals surface area contributed by atoms with E-state index in [0.717, 1.165) is 71.7 Å². The Labute approximate surface area is 287 Å². The topological polar surface area (TPSA) is 65.0 Å². The number of para-hydroxylation sites is 3. The summed E-state index contributed by atoms with van der Waals surface area (Å²) in [6.45, 7) is 0. The van der Waals surface area contributed by atoms with Crippen LogP contribution in [0, 0.1) is 0 Å². The first-order valence-electron chi connectivity index (χ1n) is 16.6. The Morgan fingerprint density at radius 2 is 0.780 bits per heavy atom. The van der Waals surface area contributed by atoms with Gasteiger partial charge in [-0.25, -0.2) is 15.0 Å². The van der Waals surface area contributed by atoms with Crippen LogP contribution in [0.15, 0.2) is 173 Å². The fourth-order valence-corrected chi connectivity index (χ4v) is 6.99. The lowest BCUT2D eigenvalue weighted by molar-refractivity contribution is 0.669. The summed E-state index contributed by atoms with van der Waals surface area (Å²) in [6, 6.07) is 55.8. The number of benzene rings is 7. The lowest BCUT2D eigenvalue weighted by Crippen LogP contribution is -2.00. The minimum absolute atomic E-state index is 0.528. The molecule has 0 aliphatic heterocycles. The van der Waals surface area contributed by atoms with Crippen molar-refractivity contribution in [3.8, 4) is 56.4 Å². The molecule has 3 aromatic heterocycles. The Balaban J connectivity index is 1.17. The summed E-state index contributed by atoms with van der Waals surface area (Å²) >= 11 is 0. The maximum Gasteiger partial charge on any atom is 0.167 e. The molecule has 0 radical (unpaired) electrons. The van der Waals surface area contributed by atoms with Crippen LogP contribution in [0.3, 0.4) is 0 Å². The zero-order valence-electron chi connectivity index (χ0n) is 26.7. The highest BCUT2D eigenvalue weighted by atomic mass is 16.3. The highest BCUT2D eigenvalue weighted by Gasteiger charge is 2.21. The molecule has 50 heavy (non-hydrogen) atoms. The number of aromatic nitrogens is 3. The van der Waals surface area contributed by atoms with E-state index in [-0.39, 0.29) is 0 Å². The largest absolute Gasteiger partial charge is 0.455 e. The molecule has 0 atom stereocenters. The van der Waals surface area contributed by atoms with Gasteiger partial charge < -0.3 is 8.83 Å². The van der Waals surface area contributed by atoms with E-state index in [9.17, 15) is 0 Å². The molecule has 10 aromatic rings. The van der Waals surface area contributed by atoms with Crippen LogP contribution in [-0.2, 0) is 0 Å². The first kappa shape index (κ1) is 28.2. The van der Waals surface area contributed by atoms with Crippen LogP contribution in [0.4, 0.5) is 0 Å². The monoisotopic (exact) mass is 641 g/mol. The van der Waals surface area contributed by atoms with Crippen molar-refractivity contribution < 1.29 is 8.83 Å². The van der Waals surface area contributed by atoms with Gasteiger partial charge in [-0.1, -0.05) is 140 Å². The van der Waals surface area contributed by atoms with Crippen LogP contribution >= 0.6 is 0 Å². The Morgan fingerprint density at radius 1 is 0.300 bits per heavy atom. The number of hydrogen-bond acceptors (Lipinski definition) is 5. The second-order valence-electron chi connectivity index (χ2n) is 12.4. The normalized spacial score (nSPS) is 11.6. The van der Waals surface area contributed by atoms with Gasteiger partial charge in [0.15, 0.2) is 17.5 Å². The van der Waals surface area contributed by atoms with E-state index in [1.807, 2.05) is 91.0 Å². The highest BCUT2D eigenvalue weighted by Crippen LogP contribution is 2.41. The third-order valence-corrected chi connectivity index (χ3v) is 9.38. The van der Waals surface area contributed by atoms with Crippen molar-refractivity contribution in [2.24, 2.45) is 0 Å². The number of fused-ring (bicyclic) bond motifs is 6. The first-order chi connectivity index (χ1) is 24.8. The summed E-state index contributed by atoms with van der Waals surface area (Å²) in [4.78, 5) is 15.2. The molecule has 0 unspecified atom stereocenters. The molecule has 0 aliphatic rings. The lowest BCUT2D eigenvalue weighted by Gasteiger charge is -2.09. The third kappa shape index (κ3) is 4.60. The van der Waals surface area contributed by atoms with Crippen molar-refractivity contribution in [3.63, 3.8) is 0 Å². The van der Waals surface area contributed by atoms with E-state index in [1.54, 1.807) is 0 Å². The molecule has 5 nitrogen and oxygen atoms in total. The van der Waals surface area contributed by atoms with Crippen molar-refractivity contribution in [2.75, 3.05) is 0 Å². The molecule has 0 N–H and O–H groups in total. The number of nitrogens with zero attached hydrogens (tertiary/aromatic N) is 3. The van der Waals surface area contributed by atoms with Crippen molar-refractivity contribution in [1.29, 1.82) is 0 Å². The van der Waals surface area contributed by atoms with Crippen molar-refractivity contribution in [1.82, 2.24) is 15.0 Å². The van der Waals surface area contributed by atoms with E-state index >= 15 is 0 Å². The minimum atomic E-state index is 0.528. The first-order valence-corrected chi connectivity index (χ1v) is 16.6. The SMILES string of the molecule is c1ccc(-c2ccc(-c3cccc4oc5c(-c6nc(-c7ccccc7)nc(-c7cccc8c7oc7ccccc78)n6)cccc5c34)cc2)cc1. The van der Waals surface area contributed by atoms with Crippen LogP contribution < -0.4 is 0 Å². The molecule has 0 spiro atoms. The Hall–Kier alpha value is -6.85. The summed E-state index contributed by atoms with van der Waals surface area (Å²) in [5.41, 5.74) is 10.2. The number of hydrogen-bond donors (Lipinski definition) is 0. The predicted molar refractivity (Wildman–Crippen MR) is 202 cm³/mol. The molecular weight excluding hydrogens is 615 g/mol. The summed E-state index contributed by atoms with van der Waals surface area (Å²) in [5.74, 6) is 1.64. The van der Waals surface area contributed by atoms with Gasteiger partial charge >= 0.3 is 0 Å². The average Bonchev–Trinajstić information content (AvgIpc) is 3.77. The third-order valence-electron chi connectivity index (χ3n) is 9.38. The number of furan rings is 2. The van der Waals surface area contributed by atoms with Crippen LogP contribution in [0.25, 0.3) is 100 Å². The standard InChI is InChI=1S/C45H27N3O2/c1-3-12-28(13-4-1)29-24-26-30(27-25-29)32-17-11-23-39-40(32)35-19-10-21-37(42(35)50-39)45-47-43(31-14-5-2-6-15-31)46-44(48-45)36-20-9-18-34-33-16-7-8-22-38(33)49-41(34)36/h1-27H. The van der Waals surface area contributed by atoms with E-state index in [0.29, 0.717) is 17.5 Å². The molecule has 3 heterocycles. The zero-order chi connectivity index (χ0) is 33.0. The molecule has 0 amide bonds. The van der Waals surface area contributed by atoms with Crippen molar-refractivity contribution in [2.45, 2.75) is 0 Å². The minimum Gasteiger partial charge on any atom is -0.455 e. The molecule has 5 heteroatoms. The quantitative estimate of drug-likeness (QED) is 0.187. The van der Waals surface area contributed by atoms with Gasteiger partial charge in [-0.15, -0.1) is 0 Å². The average molecular weight is 642 g/mol. The van der Waals surface area contributed by atoms with Crippen molar-refractivity contribution >= 4 is 43.9 Å². The van der Waals surface area contributed by atoms with Crippen LogP contribution in [0.2, 0.25) is 0 Å². The summed E-state index contributed by atoms with van der Waals surface area (Å²) in [5, 5.41) is 4.13. The van der Waals surface area contributed by atoms with Gasteiger partial charge in [0.05, 0.1) is 11.1 Å². The van der Waals surface area contributed by atoms with Crippen molar-refractivity contribution in [3.05, 3.63) is 164 Å². The van der Waals surface area contributed by atoms with Crippen LogP contribution in [0.5, 0.6) is 0 Å². The van der Waals surface area contributed by atoms with E-state index < -0.39 is 0 Å². The molecule has 0 bridgehead atoms. The van der Waals surface area contributed by atoms with Gasteiger partial charge in [-0.2, -0.15) is 0 Å². The van der Waals surface area contributed by atoms with Gasteiger partial charge in [0, 0.05) is 27.1 Å². The molecule has 234 valence electrons. The van der Waals surface area contributed by atoms with Crippen LogP contribution in [0.1, 0.15) is 0 Å². The van der Waals surface area contributed by atoms with Gasteiger partial charge in [-0.3, -0.25) is 0 Å². The van der Waals surface area contributed by atoms with E-state index in [1.165, 1.54) is 11.1 Å². The summed E-state index contributed by atoms with van der Waals surface area (Å²) in [6.07, 6.45) is 0. The van der Waals surface area contributed by atoms with Gasteiger partial charge in [0.25, 0.3) is 0 Å². The molecular formula is C45H27N3O2. The maximum atomic E-state index is 6.68. The summed E-state index contributed by atoms with van der Waals surface area (Å²) < 4.78 is 13.1. The predicted octanol–water partition coefficient (Wildman–Crippen LogP) is 12.0. The second-order valence-corrected chi connectivity index (χ2v) is 12.4. The Kier molecular flexibility index (Phi) is 6.42. The smallest absolute Gasteiger partial charge is 0.167 e. The Bertz CT molecular complexity index is 2850. The summed E-state index contributed by atoms with van der Waals surface area (Å²) in [7, 11) is 0. The van der Waals surface area contributed by atoms with Gasteiger partial charge in [0.1, 0.15) is 22.3 Å². The molecule has 0 saturated heterocycles. The molecule has 7 aromatic carbocycles. The van der Waals surface area contributed by atoms with E-state index in [2.05, 4.69) is 72.8 Å². The molecule has 0 saturated carbocycles. The fourth-order valence-electron chi connectivity index (χ4n) is 6.99.